The van der Waals surface area contributed by atoms with Crippen LogP contribution in [0.3, 0.4) is 0 Å². The summed E-state index contributed by atoms with van der Waals surface area (Å²) < 4.78 is 0. The van der Waals surface area contributed by atoms with Crippen molar-refractivity contribution in [1.82, 2.24) is 15.1 Å². The molecule has 1 aliphatic rings. The maximum atomic E-state index is 12.2. The fourth-order valence-electron chi connectivity index (χ4n) is 2.43. The molecule has 0 aromatic heterocycles. The molecule has 0 radical (unpaired) electrons. The molecule has 0 spiro atoms. The number of nitrogens with one attached hydrogen (secondary N) is 1. The van der Waals surface area contributed by atoms with Crippen molar-refractivity contribution in [3.05, 3.63) is 0 Å². The van der Waals surface area contributed by atoms with Gasteiger partial charge in [-0.25, -0.2) is 0 Å². The van der Waals surface area contributed by atoms with E-state index >= 15 is 0 Å². The van der Waals surface area contributed by atoms with E-state index in [-0.39, 0.29) is 11.9 Å². The van der Waals surface area contributed by atoms with Gasteiger partial charge in [0.2, 0.25) is 5.91 Å². The molecule has 19 heavy (non-hydrogen) atoms. The summed E-state index contributed by atoms with van der Waals surface area (Å²) in [5.74, 6) is 0.971. The minimum absolute atomic E-state index is 0.234. The number of likely N-dealkylation sites (N-methyl/N-ethyl adjacent to an activating group) is 1. The Hall–Kier alpha value is -0.610. The first-order valence-electron chi connectivity index (χ1n) is 7.62. The highest BCUT2D eigenvalue weighted by atomic mass is 16.2. The topological polar surface area (TPSA) is 35.6 Å². The predicted octanol–water partition coefficient (Wildman–Crippen LogP) is 1.56. The Morgan fingerprint density at radius 1 is 1.16 bits per heavy atom. The summed E-state index contributed by atoms with van der Waals surface area (Å²) in [6.45, 7) is 12.3. The van der Waals surface area contributed by atoms with Gasteiger partial charge in [0.15, 0.2) is 0 Å². The van der Waals surface area contributed by atoms with Crippen LogP contribution >= 0.6 is 0 Å². The Morgan fingerprint density at radius 2 is 1.74 bits per heavy atom. The lowest BCUT2D eigenvalue weighted by atomic mass is 9.97. The smallest absolute Gasteiger partial charge is 0.236 e. The molecule has 0 bridgehead atoms. The number of nitrogens with zero attached hydrogens (tertiary/aromatic N) is 2. The van der Waals surface area contributed by atoms with Crippen molar-refractivity contribution in [2.75, 3.05) is 33.2 Å². The van der Waals surface area contributed by atoms with Crippen LogP contribution in [0.4, 0.5) is 0 Å². The molecular formula is C15H31N3O. The van der Waals surface area contributed by atoms with E-state index in [0.29, 0.717) is 12.6 Å². The van der Waals surface area contributed by atoms with Gasteiger partial charge in [-0.3, -0.25) is 9.69 Å². The first kappa shape index (κ1) is 16.4. The Labute approximate surface area is 118 Å². The first-order chi connectivity index (χ1) is 8.91. The van der Waals surface area contributed by atoms with Gasteiger partial charge in [-0.1, -0.05) is 0 Å². The quantitative estimate of drug-likeness (QED) is 0.795. The number of rotatable bonds is 6. The molecule has 1 rings (SSSR count). The second kappa shape index (κ2) is 7.85. The summed E-state index contributed by atoms with van der Waals surface area (Å²) in [7, 11) is 1.90. The molecule has 0 aromatic rings. The monoisotopic (exact) mass is 269 g/mol. The van der Waals surface area contributed by atoms with E-state index in [9.17, 15) is 4.79 Å². The second-order valence-corrected chi connectivity index (χ2v) is 6.31. The average Bonchev–Trinajstić information content (AvgIpc) is 2.37. The van der Waals surface area contributed by atoms with Crippen molar-refractivity contribution in [3.8, 4) is 0 Å². The average molecular weight is 269 g/mol. The molecule has 1 heterocycles. The van der Waals surface area contributed by atoms with Gasteiger partial charge in [-0.15, -0.1) is 0 Å². The fourth-order valence-corrected chi connectivity index (χ4v) is 2.43. The summed E-state index contributed by atoms with van der Waals surface area (Å²) in [5, 5.41) is 3.40. The molecule has 1 fully saturated rings. The third-order valence-electron chi connectivity index (χ3n) is 4.19. The van der Waals surface area contributed by atoms with Gasteiger partial charge in [-0.05, 0) is 59.5 Å². The van der Waals surface area contributed by atoms with Crippen molar-refractivity contribution < 1.29 is 4.79 Å². The van der Waals surface area contributed by atoms with Gasteiger partial charge in [0, 0.05) is 25.7 Å². The first-order valence-corrected chi connectivity index (χ1v) is 7.62. The molecule has 4 nitrogen and oxygen atoms in total. The number of carbonyl (C=O) groups excluding carboxylic acids is 1. The third kappa shape index (κ3) is 5.49. The molecule has 1 amide bonds. The maximum absolute atomic E-state index is 12.2. The van der Waals surface area contributed by atoms with Crippen molar-refractivity contribution in [2.24, 2.45) is 5.92 Å². The standard InChI is InChI=1S/C15H31N3O/c1-12(2)17(5)15(19)11-18(13(3)4)10-14-6-8-16-9-7-14/h12-14,16H,6-11H2,1-5H3. The lowest BCUT2D eigenvalue weighted by Crippen LogP contribution is -2.46. The minimum Gasteiger partial charge on any atom is -0.342 e. The van der Waals surface area contributed by atoms with E-state index in [0.717, 1.165) is 25.6 Å². The van der Waals surface area contributed by atoms with Crippen LogP contribution in [-0.4, -0.2) is 61.0 Å². The van der Waals surface area contributed by atoms with E-state index in [1.54, 1.807) is 0 Å². The molecule has 0 aliphatic carbocycles. The third-order valence-corrected chi connectivity index (χ3v) is 4.19. The zero-order chi connectivity index (χ0) is 14.4. The Morgan fingerprint density at radius 3 is 2.21 bits per heavy atom. The van der Waals surface area contributed by atoms with Gasteiger partial charge in [0.05, 0.1) is 6.54 Å². The highest BCUT2D eigenvalue weighted by Gasteiger charge is 2.22. The SMILES string of the molecule is CC(C)N(CC(=O)N(C)C(C)C)CC1CCNCC1. The number of amides is 1. The highest BCUT2D eigenvalue weighted by molar-refractivity contribution is 5.78. The van der Waals surface area contributed by atoms with Gasteiger partial charge in [-0.2, -0.15) is 0 Å². The summed E-state index contributed by atoms with van der Waals surface area (Å²) in [6, 6.07) is 0.708. The van der Waals surface area contributed by atoms with E-state index in [1.165, 1.54) is 12.8 Å². The molecule has 1 aliphatic heterocycles. The lowest BCUT2D eigenvalue weighted by Gasteiger charge is -2.34. The van der Waals surface area contributed by atoms with Crippen LogP contribution in [0.25, 0.3) is 0 Å². The number of piperidine rings is 1. The molecule has 1 saturated heterocycles. The van der Waals surface area contributed by atoms with E-state index in [2.05, 4.69) is 37.9 Å². The molecule has 1 N–H and O–H groups in total. The van der Waals surface area contributed by atoms with E-state index in [4.69, 9.17) is 0 Å². The van der Waals surface area contributed by atoms with Gasteiger partial charge in [0.25, 0.3) is 0 Å². The summed E-state index contributed by atoms with van der Waals surface area (Å²) >= 11 is 0. The van der Waals surface area contributed by atoms with Crippen LogP contribution in [0.15, 0.2) is 0 Å². The van der Waals surface area contributed by atoms with Crippen LogP contribution in [0.1, 0.15) is 40.5 Å². The zero-order valence-electron chi connectivity index (χ0n) is 13.3. The van der Waals surface area contributed by atoms with Gasteiger partial charge in [0.1, 0.15) is 0 Å². The predicted molar refractivity (Wildman–Crippen MR) is 80.2 cm³/mol. The Balaban J connectivity index is 2.50. The van der Waals surface area contributed by atoms with Gasteiger partial charge >= 0.3 is 0 Å². The maximum Gasteiger partial charge on any atom is 0.236 e. The van der Waals surface area contributed by atoms with Crippen LogP contribution in [0.2, 0.25) is 0 Å². The van der Waals surface area contributed by atoms with Crippen molar-refractivity contribution in [2.45, 2.75) is 52.6 Å². The summed E-state index contributed by atoms with van der Waals surface area (Å²) in [6.07, 6.45) is 2.47. The van der Waals surface area contributed by atoms with Crippen molar-refractivity contribution in [1.29, 1.82) is 0 Å². The number of carbonyl (C=O) groups is 1. The number of hydrogen-bond acceptors (Lipinski definition) is 3. The molecule has 4 heteroatoms. The van der Waals surface area contributed by atoms with Crippen molar-refractivity contribution >= 4 is 5.91 Å². The molecule has 0 unspecified atom stereocenters. The van der Waals surface area contributed by atoms with Crippen LogP contribution in [0, 0.1) is 5.92 Å². The molecule has 112 valence electrons. The minimum atomic E-state index is 0.234. The molecule has 0 atom stereocenters. The lowest BCUT2D eigenvalue weighted by molar-refractivity contribution is -0.133. The van der Waals surface area contributed by atoms with Crippen LogP contribution in [0.5, 0.6) is 0 Å². The zero-order valence-corrected chi connectivity index (χ0v) is 13.3. The summed E-state index contributed by atoms with van der Waals surface area (Å²) in [4.78, 5) is 16.4. The van der Waals surface area contributed by atoms with E-state index < -0.39 is 0 Å². The van der Waals surface area contributed by atoms with Crippen molar-refractivity contribution in [3.63, 3.8) is 0 Å². The molecule has 0 aromatic carbocycles. The normalized spacial score (nSPS) is 17.5. The van der Waals surface area contributed by atoms with Crippen LogP contribution in [-0.2, 0) is 4.79 Å². The highest BCUT2D eigenvalue weighted by Crippen LogP contribution is 2.15. The number of hydrogen-bond donors (Lipinski definition) is 1. The Kier molecular flexibility index (Phi) is 6.80. The molecule has 0 saturated carbocycles. The largest absolute Gasteiger partial charge is 0.342 e. The molecular weight excluding hydrogens is 238 g/mol. The van der Waals surface area contributed by atoms with E-state index in [1.807, 2.05) is 11.9 Å². The van der Waals surface area contributed by atoms with Crippen LogP contribution < -0.4 is 5.32 Å². The van der Waals surface area contributed by atoms with Gasteiger partial charge < -0.3 is 10.2 Å². The fraction of sp³-hybridized carbons (Fsp3) is 0.933. The summed E-state index contributed by atoms with van der Waals surface area (Å²) in [5.41, 5.74) is 0. The Bertz CT molecular complexity index is 273. The second-order valence-electron chi connectivity index (χ2n) is 6.31.